The standard InChI is InChI=1S/C14H19Cl2N/c1-10(2)17(9-11-3-4-11)14-6-5-12(8-15)7-13(14)16/h5-7,10-11H,3-4,8-9H2,1-2H3. The van der Waals surface area contributed by atoms with Gasteiger partial charge >= 0.3 is 0 Å². The van der Waals surface area contributed by atoms with Crippen molar-refractivity contribution in [2.24, 2.45) is 5.92 Å². The third-order valence-corrected chi connectivity index (χ3v) is 3.86. The molecule has 0 heterocycles. The zero-order valence-corrected chi connectivity index (χ0v) is 11.9. The number of rotatable bonds is 5. The van der Waals surface area contributed by atoms with Crippen LogP contribution in [-0.2, 0) is 5.88 Å². The van der Waals surface area contributed by atoms with E-state index in [2.05, 4.69) is 30.9 Å². The molecule has 0 saturated heterocycles. The van der Waals surface area contributed by atoms with Gasteiger partial charge in [-0.1, -0.05) is 17.7 Å². The first-order valence-electron chi connectivity index (χ1n) is 6.23. The first kappa shape index (κ1) is 13.0. The molecule has 0 N–H and O–H groups in total. The van der Waals surface area contributed by atoms with E-state index in [0.29, 0.717) is 11.9 Å². The molecule has 1 nitrogen and oxygen atoms in total. The van der Waals surface area contributed by atoms with E-state index in [-0.39, 0.29) is 0 Å². The summed E-state index contributed by atoms with van der Waals surface area (Å²) in [7, 11) is 0. The van der Waals surface area contributed by atoms with Crippen molar-refractivity contribution >= 4 is 28.9 Å². The van der Waals surface area contributed by atoms with Crippen LogP contribution in [0.2, 0.25) is 5.02 Å². The summed E-state index contributed by atoms with van der Waals surface area (Å²) in [4.78, 5) is 2.40. The number of anilines is 1. The fourth-order valence-electron chi connectivity index (χ4n) is 2.03. The maximum Gasteiger partial charge on any atom is 0.0642 e. The Balaban J connectivity index is 2.21. The molecule has 1 aromatic carbocycles. The minimum atomic E-state index is 0.481. The Hall–Kier alpha value is -0.400. The van der Waals surface area contributed by atoms with Gasteiger partial charge in [-0.05, 0) is 50.3 Å². The molecule has 0 amide bonds. The molecule has 94 valence electrons. The number of benzene rings is 1. The van der Waals surface area contributed by atoms with Gasteiger partial charge in [0.2, 0.25) is 0 Å². The van der Waals surface area contributed by atoms with Crippen molar-refractivity contribution in [1.29, 1.82) is 0 Å². The molecular formula is C14H19Cl2N. The van der Waals surface area contributed by atoms with Gasteiger partial charge in [0.05, 0.1) is 10.7 Å². The van der Waals surface area contributed by atoms with Crippen molar-refractivity contribution < 1.29 is 0 Å². The van der Waals surface area contributed by atoms with Crippen LogP contribution in [0, 0.1) is 5.92 Å². The Morgan fingerprint density at radius 2 is 2.06 bits per heavy atom. The molecule has 0 radical (unpaired) electrons. The van der Waals surface area contributed by atoms with Crippen LogP contribution in [0.4, 0.5) is 5.69 Å². The molecule has 17 heavy (non-hydrogen) atoms. The second-order valence-electron chi connectivity index (χ2n) is 5.11. The zero-order chi connectivity index (χ0) is 12.4. The van der Waals surface area contributed by atoms with Gasteiger partial charge in [-0.25, -0.2) is 0 Å². The lowest BCUT2D eigenvalue weighted by Gasteiger charge is -2.30. The fraction of sp³-hybridized carbons (Fsp3) is 0.571. The molecule has 1 aliphatic rings. The van der Waals surface area contributed by atoms with E-state index in [9.17, 15) is 0 Å². The molecule has 0 unspecified atom stereocenters. The van der Waals surface area contributed by atoms with Crippen LogP contribution in [0.15, 0.2) is 18.2 Å². The zero-order valence-electron chi connectivity index (χ0n) is 10.4. The lowest BCUT2D eigenvalue weighted by atomic mass is 10.1. The molecule has 0 aliphatic heterocycles. The van der Waals surface area contributed by atoms with Gasteiger partial charge in [-0.3, -0.25) is 0 Å². The third kappa shape index (κ3) is 3.29. The van der Waals surface area contributed by atoms with E-state index >= 15 is 0 Å². The maximum atomic E-state index is 6.35. The number of alkyl halides is 1. The Morgan fingerprint density at radius 3 is 2.53 bits per heavy atom. The summed E-state index contributed by atoms with van der Waals surface area (Å²) >= 11 is 12.2. The summed E-state index contributed by atoms with van der Waals surface area (Å²) in [6.07, 6.45) is 2.72. The van der Waals surface area contributed by atoms with Crippen molar-refractivity contribution in [1.82, 2.24) is 0 Å². The van der Waals surface area contributed by atoms with E-state index in [0.717, 1.165) is 28.7 Å². The maximum absolute atomic E-state index is 6.35. The Kier molecular flexibility index (Phi) is 4.22. The van der Waals surface area contributed by atoms with E-state index in [1.807, 2.05) is 6.07 Å². The Labute approximate surface area is 114 Å². The molecule has 0 aromatic heterocycles. The lowest BCUT2D eigenvalue weighted by molar-refractivity contribution is 0.645. The van der Waals surface area contributed by atoms with Crippen molar-refractivity contribution in [2.45, 2.75) is 38.6 Å². The van der Waals surface area contributed by atoms with Crippen molar-refractivity contribution in [2.75, 3.05) is 11.4 Å². The van der Waals surface area contributed by atoms with Crippen LogP contribution in [-0.4, -0.2) is 12.6 Å². The van der Waals surface area contributed by atoms with E-state index in [1.165, 1.54) is 12.8 Å². The van der Waals surface area contributed by atoms with Gasteiger partial charge in [0, 0.05) is 18.5 Å². The highest BCUT2D eigenvalue weighted by Gasteiger charge is 2.26. The topological polar surface area (TPSA) is 3.24 Å². The van der Waals surface area contributed by atoms with Crippen LogP contribution in [0.5, 0.6) is 0 Å². The van der Waals surface area contributed by atoms with Crippen molar-refractivity contribution in [3.05, 3.63) is 28.8 Å². The molecule has 1 saturated carbocycles. The molecule has 0 bridgehead atoms. The first-order chi connectivity index (χ1) is 8.11. The molecule has 0 spiro atoms. The molecule has 1 fully saturated rings. The van der Waals surface area contributed by atoms with Crippen LogP contribution in [0.3, 0.4) is 0 Å². The molecule has 0 atom stereocenters. The highest BCUT2D eigenvalue weighted by atomic mass is 35.5. The average molecular weight is 272 g/mol. The molecule has 1 aromatic rings. The van der Waals surface area contributed by atoms with E-state index in [4.69, 9.17) is 23.2 Å². The quantitative estimate of drug-likeness (QED) is 0.702. The molecular weight excluding hydrogens is 253 g/mol. The number of nitrogens with zero attached hydrogens (tertiary/aromatic N) is 1. The summed E-state index contributed by atoms with van der Waals surface area (Å²) in [6, 6.07) is 6.63. The number of halogens is 2. The van der Waals surface area contributed by atoms with E-state index in [1.54, 1.807) is 0 Å². The average Bonchev–Trinajstić information content (AvgIpc) is 3.10. The van der Waals surface area contributed by atoms with Crippen LogP contribution >= 0.6 is 23.2 Å². The summed E-state index contributed by atoms with van der Waals surface area (Å²) in [5.41, 5.74) is 2.22. The van der Waals surface area contributed by atoms with Gasteiger partial charge in [0.1, 0.15) is 0 Å². The summed E-state index contributed by atoms with van der Waals surface area (Å²) in [6.45, 7) is 5.56. The summed E-state index contributed by atoms with van der Waals surface area (Å²) < 4.78 is 0. The largest absolute Gasteiger partial charge is 0.368 e. The second kappa shape index (κ2) is 5.49. The van der Waals surface area contributed by atoms with Gasteiger partial charge in [-0.15, -0.1) is 11.6 Å². The van der Waals surface area contributed by atoms with Crippen molar-refractivity contribution in [3.63, 3.8) is 0 Å². The minimum absolute atomic E-state index is 0.481. The number of hydrogen-bond donors (Lipinski definition) is 0. The smallest absolute Gasteiger partial charge is 0.0642 e. The first-order valence-corrected chi connectivity index (χ1v) is 7.14. The van der Waals surface area contributed by atoms with Crippen molar-refractivity contribution in [3.8, 4) is 0 Å². The SMILES string of the molecule is CC(C)N(CC1CC1)c1ccc(CCl)cc1Cl. The highest BCUT2D eigenvalue weighted by Crippen LogP contribution is 2.35. The molecule has 2 rings (SSSR count). The fourth-order valence-corrected chi connectivity index (χ4v) is 2.51. The van der Waals surface area contributed by atoms with Crippen LogP contribution in [0.25, 0.3) is 0 Å². The summed E-state index contributed by atoms with van der Waals surface area (Å²) in [5, 5.41) is 0.817. The minimum Gasteiger partial charge on any atom is -0.368 e. The normalized spacial score (nSPS) is 15.4. The van der Waals surface area contributed by atoms with Gasteiger partial charge in [0.25, 0.3) is 0 Å². The lowest BCUT2D eigenvalue weighted by Crippen LogP contribution is -2.32. The number of hydrogen-bond acceptors (Lipinski definition) is 1. The molecule has 3 heteroatoms. The predicted octanol–water partition coefficient (Wildman–Crippen LogP) is 4.70. The van der Waals surface area contributed by atoms with Crippen LogP contribution in [0.1, 0.15) is 32.3 Å². The third-order valence-electron chi connectivity index (χ3n) is 3.25. The van der Waals surface area contributed by atoms with E-state index < -0.39 is 0 Å². The Morgan fingerprint density at radius 1 is 1.35 bits per heavy atom. The second-order valence-corrected chi connectivity index (χ2v) is 5.78. The molecule has 1 aliphatic carbocycles. The monoisotopic (exact) mass is 271 g/mol. The predicted molar refractivity (Wildman–Crippen MR) is 76.2 cm³/mol. The van der Waals surface area contributed by atoms with Gasteiger partial charge < -0.3 is 4.90 Å². The Bertz CT molecular complexity index is 386. The van der Waals surface area contributed by atoms with Crippen LogP contribution < -0.4 is 4.90 Å². The highest BCUT2D eigenvalue weighted by molar-refractivity contribution is 6.33. The van der Waals surface area contributed by atoms with Gasteiger partial charge in [-0.2, -0.15) is 0 Å². The summed E-state index contributed by atoms with van der Waals surface area (Å²) in [5.74, 6) is 1.38. The van der Waals surface area contributed by atoms with Gasteiger partial charge in [0.15, 0.2) is 0 Å².